The molecule has 0 bridgehead atoms. The molecule has 1 aromatic carbocycles. The molecule has 0 atom stereocenters. The number of methoxy groups -OCH3 is 1. The van der Waals surface area contributed by atoms with Crippen molar-refractivity contribution in [3.8, 4) is 17.0 Å². The van der Waals surface area contributed by atoms with Gasteiger partial charge in [-0.05, 0) is 12.1 Å². The van der Waals surface area contributed by atoms with Gasteiger partial charge in [-0.25, -0.2) is 4.68 Å². The van der Waals surface area contributed by atoms with Gasteiger partial charge in [0.05, 0.1) is 19.9 Å². The number of para-hydroxylation sites is 1. The highest BCUT2D eigenvalue weighted by Crippen LogP contribution is 2.27. The van der Waals surface area contributed by atoms with Crippen molar-refractivity contribution in [3.63, 3.8) is 0 Å². The van der Waals surface area contributed by atoms with Gasteiger partial charge in [-0.15, -0.1) is 5.10 Å². The maximum Gasteiger partial charge on any atom is 0.142 e. The Kier molecular flexibility index (Phi) is 3.90. The van der Waals surface area contributed by atoms with Gasteiger partial charge >= 0.3 is 0 Å². The van der Waals surface area contributed by atoms with E-state index >= 15 is 0 Å². The van der Waals surface area contributed by atoms with Crippen molar-refractivity contribution in [1.82, 2.24) is 20.2 Å². The maximum absolute atomic E-state index is 5.40. The zero-order chi connectivity index (χ0) is 16.4. The summed E-state index contributed by atoms with van der Waals surface area (Å²) < 4.78 is 12.5. The molecular formula is C17H20N4O2. The fourth-order valence-corrected chi connectivity index (χ4v) is 2.26. The number of nitrogens with zero attached hydrogens (tertiary/aromatic N) is 4. The van der Waals surface area contributed by atoms with Crippen LogP contribution in [0.5, 0.6) is 5.75 Å². The van der Waals surface area contributed by atoms with Crippen LogP contribution in [0.1, 0.15) is 32.2 Å². The van der Waals surface area contributed by atoms with Crippen LogP contribution in [-0.4, -0.2) is 27.3 Å². The molecule has 0 fully saturated rings. The summed E-state index contributed by atoms with van der Waals surface area (Å²) in [5.41, 5.74) is 2.45. The lowest BCUT2D eigenvalue weighted by Crippen LogP contribution is -2.09. The largest absolute Gasteiger partial charge is 0.496 e. The van der Waals surface area contributed by atoms with Crippen molar-refractivity contribution in [2.45, 2.75) is 32.7 Å². The van der Waals surface area contributed by atoms with Crippen molar-refractivity contribution in [2.24, 2.45) is 0 Å². The summed E-state index contributed by atoms with van der Waals surface area (Å²) in [6.07, 6.45) is 1.88. The molecular weight excluding hydrogens is 292 g/mol. The maximum atomic E-state index is 5.40. The summed E-state index contributed by atoms with van der Waals surface area (Å²) >= 11 is 0. The molecule has 0 aliphatic carbocycles. The fourth-order valence-electron chi connectivity index (χ4n) is 2.26. The number of hydrogen-bond acceptors (Lipinski definition) is 5. The fraction of sp³-hybridized carbons (Fsp3) is 0.353. The predicted molar refractivity (Wildman–Crippen MR) is 86.3 cm³/mol. The third-order valence-electron chi connectivity index (χ3n) is 3.54. The lowest BCUT2D eigenvalue weighted by molar-refractivity contribution is 0.324. The Balaban J connectivity index is 1.81. The Morgan fingerprint density at radius 3 is 2.70 bits per heavy atom. The van der Waals surface area contributed by atoms with Crippen LogP contribution in [-0.2, 0) is 12.0 Å². The summed E-state index contributed by atoms with van der Waals surface area (Å²) in [5, 5.41) is 12.5. The van der Waals surface area contributed by atoms with E-state index in [-0.39, 0.29) is 5.41 Å². The number of hydrogen-bond donors (Lipinski definition) is 0. The summed E-state index contributed by atoms with van der Waals surface area (Å²) in [4.78, 5) is 0. The van der Waals surface area contributed by atoms with Crippen molar-refractivity contribution < 1.29 is 9.26 Å². The third-order valence-corrected chi connectivity index (χ3v) is 3.54. The molecule has 0 saturated heterocycles. The summed E-state index contributed by atoms with van der Waals surface area (Å²) in [6, 6.07) is 9.70. The van der Waals surface area contributed by atoms with E-state index < -0.39 is 0 Å². The molecule has 0 radical (unpaired) electrons. The van der Waals surface area contributed by atoms with Gasteiger partial charge in [-0.3, -0.25) is 0 Å². The first-order valence-corrected chi connectivity index (χ1v) is 7.47. The van der Waals surface area contributed by atoms with E-state index in [1.807, 2.05) is 36.5 Å². The molecule has 2 aromatic heterocycles. The molecule has 3 aromatic rings. The first-order chi connectivity index (χ1) is 11.0. The Morgan fingerprint density at radius 2 is 2.00 bits per heavy atom. The van der Waals surface area contributed by atoms with Gasteiger partial charge in [-0.1, -0.05) is 43.3 Å². The van der Waals surface area contributed by atoms with Gasteiger partial charge in [0, 0.05) is 17.0 Å². The van der Waals surface area contributed by atoms with Crippen LogP contribution >= 0.6 is 0 Å². The van der Waals surface area contributed by atoms with Crippen molar-refractivity contribution in [1.29, 1.82) is 0 Å². The molecule has 0 amide bonds. The molecule has 0 spiro atoms. The molecule has 2 heterocycles. The molecule has 3 rings (SSSR count). The topological polar surface area (TPSA) is 66.0 Å². The lowest BCUT2D eigenvalue weighted by atomic mass is 9.93. The van der Waals surface area contributed by atoms with Gasteiger partial charge in [0.1, 0.15) is 22.9 Å². The van der Waals surface area contributed by atoms with Crippen LogP contribution in [0.25, 0.3) is 11.3 Å². The van der Waals surface area contributed by atoms with Crippen LogP contribution in [0.2, 0.25) is 0 Å². The molecule has 0 saturated carbocycles. The van der Waals surface area contributed by atoms with E-state index in [9.17, 15) is 0 Å². The van der Waals surface area contributed by atoms with Crippen molar-refractivity contribution >= 4 is 0 Å². The van der Waals surface area contributed by atoms with Gasteiger partial charge in [0.25, 0.3) is 0 Å². The SMILES string of the molecule is COc1ccccc1-c1cn(Cc2cc(C(C)(C)C)on2)nn1. The zero-order valence-electron chi connectivity index (χ0n) is 13.8. The summed E-state index contributed by atoms with van der Waals surface area (Å²) in [5.74, 6) is 1.63. The first kappa shape index (κ1) is 15.3. The second kappa shape index (κ2) is 5.87. The molecule has 0 N–H and O–H groups in total. The minimum absolute atomic E-state index is 0.0593. The smallest absolute Gasteiger partial charge is 0.142 e. The van der Waals surface area contributed by atoms with Crippen LogP contribution in [0.4, 0.5) is 0 Å². The summed E-state index contributed by atoms with van der Waals surface area (Å²) in [7, 11) is 1.65. The highest BCUT2D eigenvalue weighted by molar-refractivity contribution is 5.65. The van der Waals surface area contributed by atoms with Gasteiger partial charge < -0.3 is 9.26 Å². The number of aromatic nitrogens is 4. The average Bonchev–Trinajstić information content (AvgIpc) is 3.16. The first-order valence-electron chi connectivity index (χ1n) is 7.47. The number of ether oxygens (including phenoxy) is 1. The van der Waals surface area contributed by atoms with E-state index in [1.165, 1.54) is 0 Å². The van der Waals surface area contributed by atoms with Gasteiger partial charge in [0.2, 0.25) is 0 Å². The minimum atomic E-state index is -0.0593. The molecule has 120 valence electrons. The third kappa shape index (κ3) is 3.26. The van der Waals surface area contributed by atoms with Gasteiger partial charge in [0.15, 0.2) is 0 Å². The molecule has 6 nitrogen and oxygen atoms in total. The van der Waals surface area contributed by atoms with Crippen LogP contribution in [0.3, 0.4) is 0 Å². The quantitative estimate of drug-likeness (QED) is 0.739. The molecule has 6 heteroatoms. The van der Waals surface area contributed by atoms with Crippen molar-refractivity contribution in [2.75, 3.05) is 7.11 Å². The average molecular weight is 312 g/mol. The van der Waals surface area contributed by atoms with E-state index in [0.29, 0.717) is 6.54 Å². The highest BCUT2D eigenvalue weighted by Gasteiger charge is 2.20. The van der Waals surface area contributed by atoms with E-state index in [1.54, 1.807) is 11.8 Å². The number of rotatable bonds is 4. The van der Waals surface area contributed by atoms with E-state index in [2.05, 4.69) is 36.2 Å². The standard InChI is InChI=1S/C17H20N4O2/c1-17(2,3)16-9-12(19-23-16)10-21-11-14(18-20-21)13-7-5-6-8-15(13)22-4/h5-9,11H,10H2,1-4H3. The molecule has 0 aliphatic heterocycles. The second-order valence-corrected chi connectivity index (χ2v) is 6.43. The Morgan fingerprint density at radius 1 is 1.22 bits per heavy atom. The monoisotopic (exact) mass is 312 g/mol. The molecule has 0 aliphatic rings. The van der Waals surface area contributed by atoms with Crippen LogP contribution in [0, 0.1) is 0 Å². The number of benzene rings is 1. The molecule has 0 unspecified atom stereocenters. The van der Waals surface area contributed by atoms with Crippen LogP contribution < -0.4 is 4.74 Å². The van der Waals surface area contributed by atoms with Crippen molar-refractivity contribution in [3.05, 3.63) is 48.0 Å². The Hall–Kier alpha value is -2.63. The molecule has 23 heavy (non-hydrogen) atoms. The zero-order valence-corrected chi connectivity index (χ0v) is 13.8. The summed E-state index contributed by atoms with van der Waals surface area (Å²) in [6.45, 7) is 6.79. The predicted octanol–water partition coefficient (Wildman–Crippen LogP) is 3.29. The van der Waals surface area contributed by atoms with Gasteiger partial charge in [-0.2, -0.15) is 0 Å². The highest BCUT2D eigenvalue weighted by atomic mass is 16.5. The Bertz CT molecular complexity index is 799. The lowest BCUT2D eigenvalue weighted by Gasteiger charge is -2.12. The Labute approximate surface area is 135 Å². The minimum Gasteiger partial charge on any atom is -0.496 e. The second-order valence-electron chi connectivity index (χ2n) is 6.43. The normalized spacial score (nSPS) is 11.7. The van der Waals surface area contributed by atoms with Crippen LogP contribution in [0.15, 0.2) is 41.1 Å². The van der Waals surface area contributed by atoms with E-state index in [4.69, 9.17) is 9.26 Å². The van der Waals surface area contributed by atoms with E-state index in [0.717, 1.165) is 28.5 Å².